The summed E-state index contributed by atoms with van der Waals surface area (Å²) in [5, 5.41) is 26.0. The van der Waals surface area contributed by atoms with Crippen LogP contribution < -0.4 is 5.32 Å². The summed E-state index contributed by atoms with van der Waals surface area (Å²) in [6.45, 7) is 2.17. The molecule has 1 heterocycles. The predicted octanol–water partition coefficient (Wildman–Crippen LogP) is 0.895. The minimum absolute atomic E-state index is 0.0548. The third kappa shape index (κ3) is 2.76. The number of aromatic hydroxyl groups is 1. The lowest BCUT2D eigenvalue weighted by Gasteiger charge is -2.10. The van der Waals surface area contributed by atoms with Crippen LogP contribution in [0.2, 0.25) is 0 Å². The van der Waals surface area contributed by atoms with E-state index in [1.807, 2.05) is 6.92 Å². The van der Waals surface area contributed by atoms with E-state index in [2.05, 4.69) is 25.9 Å². The SMILES string of the molecule is CC(NCc1cc(F)ccc1O)c1nn[nH]n1. The van der Waals surface area contributed by atoms with Crippen molar-refractivity contribution in [2.75, 3.05) is 0 Å². The van der Waals surface area contributed by atoms with Crippen LogP contribution in [0.4, 0.5) is 4.39 Å². The molecule has 0 fully saturated rings. The number of hydrogen-bond donors (Lipinski definition) is 3. The number of rotatable bonds is 4. The molecule has 0 spiro atoms. The molecule has 0 amide bonds. The van der Waals surface area contributed by atoms with E-state index in [0.717, 1.165) is 0 Å². The molecule has 0 radical (unpaired) electrons. The number of nitrogens with zero attached hydrogens (tertiary/aromatic N) is 3. The third-order valence-electron chi connectivity index (χ3n) is 2.39. The third-order valence-corrected chi connectivity index (χ3v) is 2.39. The number of nitrogens with one attached hydrogen (secondary N) is 2. The molecule has 0 saturated carbocycles. The van der Waals surface area contributed by atoms with Gasteiger partial charge < -0.3 is 10.4 Å². The number of phenolic OH excluding ortho intramolecular Hbond substituents is 1. The standard InChI is InChI=1S/C10H12FN5O/c1-6(10-13-15-16-14-10)12-5-7-4-8(11)2-3-9(7)17/h2-4,6,12,17H,5H2,1H3,(H,13,14,15,16). The fourth-order valence-electron chi connectivity index (χ4n) is 1.40. The molecule has 0 bridgehead atoms. The average molecular weight is 237 g/mol. The highest BCUT2D eigenvalue weighted by Crippen LogP contribution is 2.18. The van der Waals surface area contributed by atoms with Crippen molar-refractivity contribution in [2.45, 2.75) is 19.5 Å². The Morgan fingerprint density at radius 2 is 2.35 bits per heavy atom. The maximum Gasteiger partial charge on any atom is 0.191 e. The number of aromatic nitrogens is 4. The van der Waals surface area contributed by atoms with E-state index < -0.39 is 0 Å². The van der Waals surface area contributed by atoms with Crippen LogP contribution in [0.1, 0.15) is 24.4 Å². The van der Waals surface area contributed by atoms with Gasteiger partial charge in [-0.2, -0.15) is 5.21 Å². The quantitative estimate of drug-likeness (QED) is 0.735. The highest BCUT2D eigenvalue weighted by molar-refractivity contribution is 5.32. The monoisotopic (exact) mass is 237 g/mol. The first kappa shape index (κ1) is 11.5. The van der Waals surface area contributed by atoms with Crippen molar-refractivity contribution in [3.63, 3.8) is 0 Å². The van der Waals surface area contributed by atoms with Crippen LogP contribution in [0.3, 0.4) is 0 Å². The molecule has 0 aliphatic rings. The minimum atomic E-state index is -0.383. The Kier molecular flexibility index (Phi) is 3.29. The molecule has 0 aliphatic carbocycles. The Morgan fingerprint density at radius 1 is 1.53 bits per heavy atom. The molecular formula is C10H12FN5O. The number of phenols is 1. The van der Waals surface area contributed by atoms with Gasteiger partial charge in [0.15, 0.2) is 5.82 Å². The average Bonchev–Trinajstić information content (AvgIpc) is 2.83. The molecule has 0 saturated heterocycles. The van der Waals surface area contributed by atoms with Crippen LogP contribution in [0, 0.1) is 5.82 Å². The molecule has 1 aromatic carbocycles. The number of hydrogen-bond acceptors (Lipinski definition) is 5. The van der Waals surface area contributed by atoms with Gasteiger partial charge >= 0.3 is 0 Å². The molecule has 6 nitrogen and oxygen atoms in total. The predicted molar refractivity (Wildman–Crippen MR) is 57.5 cm³/mol. The summed E-state index contributed by atoms with van der Waals surface area (Å²) in [5.74, 6) is 0.187. The number of tetrazole rings is 1. The largest absolute Gasteiger partial charge is 0.508 e. The van der Waals surface area contributed by atoms with E-state index >= 15 is 0 Å². The van der Waals surface area contributed by atoms with Gasteiger partial charge in [-0.1, -0.05) is 5.21 Å². The van der Waals surface area contributed by atoms with Crippen molar-refractivity contribution in [2.24, 2.45) is 0 Å². The summed E-state index contributed by atoms with van der Waals surface area (Å²) < 4.78 is 13.0. The van der Waals surface area contributed by atoms with E-state index in [-0.39, 0.29) is 17.6 Å². The van der Waals surface area contributed by atoms with Crippen molar-refractivity contribution >= 4 is 0 Å². The van der Waals surface area contributed by atoms with Gasteiger partial charge in [0.25, 0.3) is 0 Å². The zero-order valence-electron chi connectivity index (χ0n) is 9.18. The summed E-state index contributed by atoms with van der Waals surface area (Å²) in [5.41, 5.74) is 0.486. The number of H-pyrrole nitrogens is 1. The topological polar surface area (TPSA) is 86.7 Å². The Labute approximate surface area is 96.9 Å². The maximum absolute atomic E-state index is 13.0. The summed E-state index contributed by atoms with van der Waals surface area (Å²) >= 11 is 0. The van der Waals surface area contributed by atoms with Gasteiger partial charge in [-0.3, -0.25) is 0 Å². The molecule has 1 aromatic heterocycles. The molecule has 2 rings (SSSR count). The van der Waals surface area contributed by atoms with Gasteiger partial charge in [0.2, 0.25) is 0 Å². The lowest BCUT2D eigenvalue weighted by Crippen LogP contribution is -2.19. The number of benzene rings is 1. The van der Waals surface area contributed by atoms with Crippen molar-refractivity contribution in [1.82, 2.24) is 25.9 Å². The van der Waals surface area contributed by atoms with Crippen molar-refractivity contribution in [1.29, 1.82) is 0 Å². The highest BCUT2D eigenvalue weighted by atomic mass is 19.1. The van der Waals surface area contributed by atoms with Crippen LogP contribution in [0.15, 0.2) is 18.2 Å². The minimum Gasteiger partial charge on any atom is -0.508 e. The van der Waals surface area contributed by atoms with Crippen LogP contribution >= 0.6 is 0 Å². The lowest BCUT2D eigenvalue weighted by molar-refractivity contribution is 0.455. The Bertz CT molecular complexity index is 487. The molecule has 1 atom stereocenters. The molecule has 1 unspecified atom stereocenters. The van der Waals surface area contributed by atoms with Gasteiger partial charge in [0, 0.05) is 12.1 Å². The second-order valence-electron chi connectivity index (χ2n) is 3.65. The van der Waals surface area contributed by atoms with Crippen molar-refractivity contribution in [3.8, 4) is 5.75 Å². The van der Waals surface area contributed by atoms with Crippen LogP contribution in [-0.2, 0) is 6.54 Å². The number of halogens is 1. The summed E-state index contributed by atoms with van der Waals surface area (Å²) in [7, 11) is 0. The van der Waals surface area contributed by atoms with Crippen LogP contribution in [0.25, 0.3) is 0 Å². The zero-order chi connectivity index (χ0) is 12.3. The van der Waals surface area contributed by atoms with Gasteiger partial charge in [-0.25, -0.2) is 4.39 Å². The van der Waals surface area contributed by atoms with Crippen molar-refractivity contribution < 1.29 is 9.50 Å². The fraction of sp³-hybridized carbons (Fsp3) is 0.300. The second-order valence-corrected chi connectivity index (χ2v) is 3.65. The van der Waals surface area contributed by atoms with E-state index in [1.165, 1.54) is 18.2 Å². The Hall–Kier alpha value is -2.02. The van der Waals surface area contributed by atoms with Gasteiger partial charge in [-0.05, 0) is 25.1 Å². The first-order valence-corrected chi connectivity index (χ1v) is 5.11. The molecule has 17 heavy (non-hydrogen) atoms. The smallest absolute Gasteiger partial charge is 0.191 e. The lowest BCUT2D eigenvalue weighted by atomic mass is 10.2. The van der Waals surface area contributed by atoms with E-state index in [1.54, 1.807) is 0 Å². The first-order valence-electron chi connectivity index (χ1n) is 5.11. The second kappa shape index (κ2) is 4.88. The molecule has 0 aliphatic heterocycles. The van der Waals surface area contributed by atoms with E-state index in [9.17, 15) is 9.50 Å². The normalized spacial score (nSPS) is 12.6. The Balaban J connectivity index is 2.00. The molecule has 3 N–H and O–H groups in total. The van der Waals surface area contributed by atoms with E-state index in [4.69, 9.17) is 0 Å². The van der Waals surface area contributed by atoms with Gasteiger partial charge in [0.05, 0.1) is 6.04 Å². The molecule has 2 aromatic rings. The van der Waals surface area contributed by atoms with E-state index in [0.29, 0.717) is 17.9 Å². The van der Waals surface area contributed by atoms with Gasteiger partial charge in [0.1, 0.15) is 11.6 Å². The van der Waals surface area contributed by atoms with Crippen molar-refractivity contribution in [3.05, 3.63) is 35.4 Å². The Morgan fingerprint density at radius 3 is 3.06 bits per heavy atom. The molecular weight excluding hydrogens is 225 g/mol. The fourth-order valence-corrected chi connectivity index (χ4v) is 1.40. The highest BCUT2D eigenvalue weighted by Gasteiger charge is 2.10. The molecule has 90 valence electrons. The van der Waals surface area contributed by atoms with Gasteiger partial charge in [-0.15, -0.1) is 10.2 Å². The number of aromatic amines is 1. The summed E-state index contributed by atoms with van der Waals surface area (Å²) in [4.78, 5) is 0. The summed E-state index contributed by atoms with van der Waals surface area (Å²) in [6.07, 6.45) is 0. The first-order chi connectivity index (χ1) is 8.16. The zero-order valence-corrected chi connectivity index (χ0v) is 9.18. The van der Waals surface area contributed by atoms with Crippen LogP contribution in [0.5, 0.6) is 5.75 Å². The summed E-state index contributed by atoms with van der Waals surface area (Å²) in [6, 6.07) is 3.68. The van der Waals surface area contributed by atoms with Crippen LogP contribution in [-0.4, -0.2) is 25.7 Å². The molecule has 7 heteroatoms. The maximum atomic E-state index is 13.0.